The number of amides is 2. The zero-order valence-corrected chi connectivity index (χ0v) is 13.3. The number of anilines is 2. The molecule has 122 valence electrons. The van der Waals surface area contributed by atoms with Gasteiger partial charge in [0.2, 0.25) is 11.8 Å². The first kappa shape index (κ1) is 15.9. The van der Waals surface area contributed by atoms with E-state index in [1.54, 1.807) is 36.2 Å². The Hall–Kier alpha value is -2.95. The molecule has 1 aliphatic heterocycles. The van der Waals surface area contributed by atoms with Crippen molar-refractivity contribution in [3.05, 3.63) is 65.5 Å². The Balaban J connectivity index is 1.69. The van der Waals surface area contributed by atoms with Gasteiger partial charge in [-0.05, 0) is 54.0 Å². The van der Waals surface area contributed by atoms with Crippen molar-refractivity contribution in [1.82, 2.24) is 0 Å². The molecule has 0 aromatic heterocycles. The zero-order valence-electron chi connectivity index (χ0n) is 13.3. The van der Waals surface area contributed by atoms with Crippen LogP contribution in [-0.4, -0.2) is 18.9 Å². The fourth-order valence-corrected chi connectivity index (χ4v) is 2.66. The second-order valence-corrected chi connectivity index (χ2v) is 5.67. The molecule has 5 heteroatoms. The van der Waals surface area contributed by atoms with Gasteiger partial charge in [0.15, 0.2) is 0 Å². The molecule has 0 aliphatic carbocycles. The van der Waals surface area contributed by atoms with Crippen LogP contribution in [0.15, 0.2) is 48.5 Å². The predicted molar refractivity (Wildman–Crippen MR) is 92.2 cm³/mol. The normalized spacial score (nSPS) is 13.9. The Labute approximate surface area is 139 Å². The third kappa shape index (κ3) is 3.51. The lowest BCUT2D eigenvalue weighted by Crippen LogP contribution is -2.31. The molecule has 0 saturated heterocycles. The summed E-state index contributed by atoms with van der Waals surface area (Å²) in [6.45, 7) is 0. The van der Waals surface area contributed by atoms with Crippen LogP contribution in [0.25, 0.3) is 6.08 Å². The summed E-state index contributed by atoms with van der Waals surface area (Å²) in [6, 6.07) is 11.4. The number of carbonyl (C=O) groups is 2. The van der Waals surface area contributed by atoms with Gasteiger partial charge in [-0.2, -0.15) is 0 Å². The summed E-state index contributed by atoms with van der Waals surface area (Å²) in [5.74, 6) is -0.477. The summed E-state index contributed by atoms with van der Waals surface area (Å²) in [4.78, 5) is 25.3. The van der Waals surface area contributed by atoms with Gasteiger partial charge in [-0.3, -0.25) is 9.59 Å². The first-order chi connectivity index (χ1) is 11.5. The fourth-order valence-electron chi connectivity index (χ4n) is 2.66. The molecule has 1 heterocycles. The Bertz CT molecular complexity index is 813. The number of carbonyl (C=O) groups excluding carboxylic acids is 2. The van der Waals surface area contributed by atoms with E-state index in [1.165, 1.54) is 18.2 Å². The Morgan fingerprint density at radius 2 is 1.92 bits per heavy atom. The van der Waals surface area contributed by atoms with Crippen molar-refractivity contribution >= 4 is 29.3 Å². The molecule has 2 amide bonds. The number of hydrogen-bond donors (Lipinski definition) is 1. The van der Waals surface area contributed by atoms with Gasteiger partial charge in [-0.25, -0.2) is 4.39 Å². The summed E-state index contributed by atoms with van der Waals surface area (Å²) in [5.41, 5.74) is 3.35. The van der Waals surface area contributed by atoms with E-state index in [1.807, 2.05) is 12.1 Å². The largest absolute Gasteiger partial charge is 0.323 e. The van der Waals surface area contributed by atoms with Crippen molar-refractivity contribution in [2.75, 3.05) is 17.3 Å². The van der Waals surface area contributed by atoms with E-state index in [0.29, 0.717) is 18.5 Å². The van der Waals surface area contributed by atoms with Gasteiger partial charge >= 0.3 is 0 Å². The van der Waals surface area contributed by atoms with Gasteiger partial charge in [-0.1, -0.05) is 12.1 Å². The van der Waals surface area contributed by atoms with Crippen LogP contribution >= 0.6 is 0 Å². The Morgan fingerprint density at radius 1 is 1.17 bits per heavy atom. The van der Waals surface area contributed by atoms with Crippen LogP contribution in [0.5, 0.6) is 0 Å². The molecule has 4 nitrogen and oxygen atoms in total. The van der Waals surface area contributed by atoms with Crippen LogP contribution in [0, 0.1) is 5.82 Å². The van der Waals surface area contributed by atoms with E-state index in [4.69, 9.17) is 0 Å². The maximum atomic E-state index is 12.8. The van der Waals surface area contributed by atoms with Crippen LogP contribution in [0.2, 0.25) is 0 Å². The molecule has 0 radical (unpaired) electrons. The van der Waals surface area contributed by atoms with Crippen LogP contribution in [-0.2, 0) is 16.0 Å². The third-order valence-corrected chi connectivity index (χ3v) is 3.99. The number of nitrogens with zero attached hydrogens (tertiary/aromatic N) is 1. The highest BCUT2D eigenvalue weighted by atomic mass is 19.1. The van der Waals surface area contributed by atoms with Crippen LogP contribution in [0.4, 0.5) is 15.8 Å². The number of rotatable bonds is 3. The van der Waals surface area contributed by atoms with E-state index in [2.05, 4.69) is 5.32 Å². The molecule has 0 atom stereocenters. The van der Waals surface area contributed by atoms with E-state index in [-0.39, 0.29) is 17.6 Å². The number of halogens is 1. The first-order valence-electron chi connectivity index (χ1n) is 7.67. The van der Waals surface area contributed by atoms with Gasteiger partial charge in [0.25, 0.3) is 0 Å². The molecule has 2 aromatic carbocycles. The minimum atomic E-state index is -0.311. The first-order valence-corrected chi connectivity index (χ1v) is 7.67. The maximum Gasteiger partial charge on any atom is 0.248 e. The second-order valence-electron chi connectivity index (χ2n) is 5.67. The van der Waals surface area contributed by atoms with Gasteiger partial charge in [0.1, 0.15) is 5.82 Å². The molecule has 2 aromatic rings. The molecular weight excluding hydrogens is 307 g/mol. The summed E-state index contributed by atoms with van der Waals surface area (Å²) in [5, 5.41) is 2.80. The van der Waals surface area contributed by atoms with Crippen molar-refractivity contribution < 1.29 is 14.0 Å². The second kappa shape index (κ2) is 6.66. The zero-order chi connectivity index (χ0) is 17.1. The molecular formula is C19H17FN2O2. The average molecular weight is 324 g/mol. The number of fused-ring (bicyclic) bond motifs is 1. The van der Waals surface area contributed by atoms with E-state index >= 15 is 0 Å². The SMILES string of the molecule is CN1C(=O)CCc2cc(NC(=O)/C=C/c3ccc(F)cc3)ccc21. The van der Waals surface area contributed by atoms with Crippen molar-refractivity contribution in [3.63, 3.8) is 0 Å². The number of nitrogens with one attached hydrogen (secondary N) is 1. The number of aryl methyl sites for hydroxylation is 1. The average Bonchev–Trinajstić information content (AvgIpc) is 2.58. The standard InChI is InChI=1S/C19H17FN2O2/c1-22-17-9-8-16(12-14(17)5-11-19(22)24)21-18(23)10-4-13-2-6-15(20)7-3-13/h2-4,6-10,12H,5,11H2,1H3,(H,21,23)/b10-4+. The molecule has 3 rings (SSSR count). The summed E-state index contributed by atoms with van der Waals surface area (Å²) in [7, 11) is 1.75. The summed E-state index contributed by atoms with van der Waals surface area (Å²) < 4.78 is 12.8. The fraction of sp³-hybridized carbons (Fsp3) is 0.158. The van der Waals surface area contributed by atoms with Crippen LogP contribution in [0.1, 0.15) is 17.5 Å². The van der Waals surface area contributed by atoms with Gasteiger partial charge < -0.3 is 10.2 Å². The summed E-state index contributed by atoms with van der Waals surface area (Å²) >= 11 is 0. The molecule has 1 aliphatic rings. The highest BCUT2D eigenvalue weighted by Crippen LogP contribution is 2.29. The van der Waals surface area contributed by atoms with Crippen molar-refractivity contribution in [2.45, 2.75) is 12.8 Å². The number of hydrogen-bond acceptors (Lipinski definition) is 2. The quantitative estimate of drug-likeness (QED) is 0.880. The van der Waals surface area contributed by atoms with Crippen LogP contribution in [0.3, 0.4) is 0 Å². The highest BCUT2D eigenvalue weighted by Gasteiger charge is 2.20. The van der Waals surface area contributed by atoms with Gasteiger partial charge in [0, 0.05) is 30.9 Å². The summed E-state index contributed by atoms with van der Waals surface area (Å²) in [6.07, 6.45) is 4.18. The minimum Gasteiger partial charge on any atom is -0.323 e. The molecule has 1 N–H and O–H groups in total. The van der Waals surface area contributed by atoms with E-state index < -0.39 is 0 Å². The molecule has 0 bridgehead atoms. The molecule has 24 heavy (non-hydrogen) atoms. The van der Waals surface area contributed by atoms with Gasteiger partial charge in [0.05, 0.1) is 0 Å². The predicted octanol–water partition coefficient (Wildman–Crippen LogP) is 3.39. The minimum absolute atomic E-state index is 0.0986. The third-order valence-electron chi connectivity index (χ3n) is 3.99. The lowest BCUT2D eigenvalue weighted by molar-refractivity contribution is -0.118. The monoisotopic (exact) mass is 324 g/mol. The topological polar surface area (TPSA) is 49.4 Å². The van der Waals surface area contributed by atoms with E-state index in [0.717, 1.165) is 16.8 Å². The number of benzene rings is 2. The molecule has 0 unspecified atom stereocenters. The Morgan fingerprint density at radius 3 is 2.67 bits per heavy atom. The lowest BCUT2D eigenvalue weighted by Gasteiger charge is -2.26. The van der Waals surface area contributed by atoms with Crippen molar-refractivity contribution in [3.8, 4) is 0 Å². The maximum absolute atomic E-state index is 12.8. The smallest absolute Gasteiger partial charge is 0.248 e. The van der Waals surface area contributed by atoms with Gasteiger partial charge in [-0.15, -0.1) is 0 Å². The molecule has 0 spiro atoms. The molecule has 0 saturated carbocycles. The Kier molecular flexibility index (Phi) is 4.42. The van der Waals surface area contributed by atoms with Crippen LogP contribution < -0.4 is 10.2 Å². The van der Waals surface area contributed by atoms with Crippen molar-refractivity contribution in [1.29, 1.82) is 0 Å². The van der Waals surface area contributed by atoms with Crippen molar-refractivity contribution in [2.24, 2.45) is 0 Å². The molecule has 0 fully saturated rings. The lowest BCUT2D eigenvalue weighted by atomic mass is 10.0. The van der Waals surface area contributed by atoms with E-state index in [9.17, 15) is 14.0 Å². The highest BCUT2D eigenvalue weighted by molar-refractivity contribution is 6.02.